The van der Waals surface area contributed by atoms with Crippen LogP contribution in [0, 0.1) is 3.57 Å². The molecule has 2 aromatic rings. The molecule has 1 aliphatic rings. The summed E-state index contributed by atoms with van der Waals surface area (Å²) in [5, 5.41) is 7.93. The molecule has 1 amide bonds. The van der Waals surface area contributed by atoms with Crippen molar-refractivity contribution in [3.8, 4) is 5.75 Å². The first kappa shape index (κ1) is 13.3. The molecule has 0 aliphatic carbocycles. The number of carbonyl (C=O) groups excluding carboxylic acids is 1. The van der Waals surface area contributed by atoms with Gasteiger partial charge in [-0.1, -0.05) is 5.21 Å². The Balaban J connectivity index is 1.98. The molecule has 104 valence electrons. The predicted molar refractivity (Wildman–Crippen MR) is 81.4 cm³/mol. The van der Waals surface area contributed by atoms with Gasteiger partial charge in [-0.3, -0.25) is 14.4 Å². The van der Waals surface area contributed by atoms with Gasteiger partial charge in [0.1, 0.15) is 11.4 Å². The average molecular weight is 384 g/mol. The molecule has 1 atom stereocenters. The lowest BCUT2D eigenvalue weighted by Gasteiger charge is -2.32. The van der Waals surface area contributed by atoms with Crippen molar-refractivity contribution in [2.75, 3.05) is 4.90 Å². The molecule has 0 N–H and O–H groups in total. The fourth-order valence-corrected chi connectivity index (χ4v) is 2.64. The summed E-state index contributed by atoms with van der Waals surface area (Å²) in [7, 11) is 1.80. The average Bonchev–Trinajstić information content (AvgIpc) is 2.80. The largest absolute Gasteiger partial charge is 0.479 e. The molecule has 0 radical (unpaired) electrons. The standard InChI is InChI=1S/C13H13IN4O2/c1-8-13(19)18(7-10-6-17(2)16-15-10)11-4-3-9(14)5-12(11)20-8/h3-6,8H,7H2,1-2H3. The van der Waals surface area contributed by atoms with Crippen molar-refractivity contribution in [3.05, 3.63) is 33.7 Å². The maximum atomic E-state index is 12.3. The number of fused-ring (bicyclic) bond motifs is 1. The summed E-state index contributed by atoms with van der Waals surface area (Å²) in [4.78, 5) is 14.0. The smallest absolute Gasteiger partial charge is 0.268 e. The second kappa shape index (κ2) is 5.04. The molecule has 20 heavy (non-hydrogen) atoms. The van der Waals surface area contributed by atoms with Crippen molar-refractivity contribution >= 4 is 34.2 Å². The fraction of sp³-hybridized carbons (Fsp3) is 0.308. The van der Waals surface area contributed by atoms with Gasteiger partial charge in [0.05, 0.1) is 12.2 Å². The lowest BCUT2D eigenvalue weighted by molar-refractivity contribution is -0.125. The van der Waals surface area contributed by atoms with Gasteiger partial charge in [-0.05, 0) is 47.7 Å². The van der Waals surface area contributed by atoms with Crippen molar-refractivity contribution in [3.63, 3.8) is 0 Å². The minimum Gasteiger partial charge on any atom is -0.479 e. The van der Waals surface area contributed by atoms with Crippen LogP contribution in [-0.4, -0.2) is 27.0 Å². The first-order valence-electron chi connectivity index (χ1n) is 6.17. The predicted octanol–water partition coefficient (Wildman–Crippen LogP) is 1.73. The molecule has 0 fully saturated rings. The number of hydrogen-bond donors (Lipinski definition) is 0. The lowest BCUT2D eigenvalue weighted by Crippen LogP contribution is -2.44. The number of nitrogens with zero attached hydrogens (tertiary/aromatic N) is 4. The van der Waals surface area contributed by atoms with Crippen molar-refractivity contribution < 1.29 is 9.53 Å². The maximum Gasteiger partial charge on any atom is 0.268 e. The van der Waals surface area contributed by atoms with Gasteiger partial charge in [0.15, 0.2) is 6.10 Å². The number of benzene rings is 1. The third kappa shape index (κ3) is 2.37. The lowest BCUT2D eigenvalue weighted by atomic mass is 10.2. The number of carbonyl (C=O) groups is 1. The first-order chi connectivity index (χ1) is 9.54. The third-order valence-electron chi connectivity index (χ3n) is 3.10. The summed E-state index contributed by atoms with van der Waals surface area (Å²) in [5.41, 5.74) is 1.53. The van der Waals surface area contributed by atoms with Crippen LogP contribution >= 0.6 is 22.6 Å². The van der Waals surface area contributed by atoms with Crippen LogP contribution in [0.15, 0.2) is 24.4 Å². The molecular weight excluding hydrogens is 371 g/mol. The van der Waals surface area contributed by atoms with Crippen LogP contribution in [0.25, 0.3) is 0 Å². The zero-order chi connectivity index (χ0) is 14.3. The van der Waals surface area contributed by atoms with E-state index in [1.54, 1.807) is 29.7 Å². The number of anilines is 1. The van der Waals surface area contributed by atoms with E-state index in [4.69, 9.17) is 4.74 Å². The molecule has 1 aliphatic heterocycles. The van der Waals surface area contributed by atoms with E-state index in [1.807, 2.05) is 18.2 Å². The highest BCUT2D eigenvalue weighted by Gasteiger charge is 2.32. The molecule has 7 heteroatoms. The molecule has 2 heterocycles. The zero-order valence-corrected chi connectivity index (χ0v) is 13.2. The van der Waals surface area contributed by atoms with E-state index in [1.165, 1.54) is 0 Å². The SMILES string of the molecule is CC1Oc2cc(I)ccc2N(Cc2cn(C)nn2)C1=O. The summed E-state index contributed by atoms with van der Waals surface area (Å²) >= 11 is 2.22. The van der Waals surface area contributed by atoms with E-state index in [9.17, 15) is 4.79 Å². The van der Waals surface area contributed by atoms with Gasteiger partial charge in [0, 0.05) is 16.8 Å². The van der Waals surface area contributed by atoms with Crippen LogP contribution in [0.1, 0.15) is 12.6 Å². The number of halogens is 1. The Bertz CT molecular complexity index is 670. The molecule has 1 unspecified atom stereocenters. The molecule has 1 aromatic heterocycles. The van der Waals surface area contributed by atoms with Gasteiger partial charge >= 0.3 is 0 Å². The van der Waals surface area contributed by atoms with E-state index in [2.05, 4.69) is 32.9 Å². The van der Waals surface area contributed by atoms with Crippen LogP contribution in [0.2, 0.25) is 0 Å². The van der Waals surface area contributed by atoms with Crippen molar-refractivity contribution in [2.45, 2.75) is 19.6 Å². The van der Waals surface area contributed by atoms with Gasteiger partial charge in [-0.15, -0.1) is 5.10 Å². The Hall–Kier alpha value is -1.64. The summed E-state index contributed by atoms with van der Waals surface area (Å²) in [6.45, 7) is 2.16. The Morgan fingerprint density at radius 1 is 1.45 bits per heavy atom. The zero-order valence-electron chi connectivity index (χ0n) is 11.1. The minimum absolute atomic E-state index is 0.0654. The fourth-order valence-electron chi connectivity index (χ4n) is 2.18. The van der Waals surface area contributed by atoms with Gasteiger partial charge in [0.25, 0.3) is 5.91 Å². The molecular formula is C13H13IN4O2. The van der Waals surface area contributed by atoms with Gasteiger partial charge in [-0.25, -0.2) is 0 Å². The molecule has 1 aromatic carbocycles. The summed E-state index contributed by atoms with van der Waals surface area (Å²) in [6, 6.07) is 5.79. The minimum atomic E-state index is -0.489. The summed E-state index contributed by atoms with van der Waals surface area (Å²) in [6.07, 6.45) is 1.32. The van der Waals surface area contributed by atoms with E-state index >= 15 is 0 Å². The van der Waals surface area contributed by atoms with Crippen LogP contribution in [0.5, 0.6) is 5.75 Å². The Morgan fingerprint density at radius 2 is 2.25 bits per heavy atom. The molecule has 6 nitrogen and oxygen atoms in total. The highest BCUT2D eigenvalue weighted by atomic mass is 127. The normalized spacial score (nSPS) is 17.9. The number of ether oxygens (including phenoxy) is 1. The Morgan fingerprint density at radius 3 is 2.95 bits per heavy atom. The van der Waals surface area contributed by atoms with E-state index in [0.29, 0.717) is 6.54 Å². The monoisotopic (exact) mass is 384 g/mol. The maximum absolute atomic E-state index is 12.3. The molecule has 0 bridgehead atoms. The first-order valence-corrected chi connectivity index (χ1v) is 7.25. The van der Waals surface area contributed by atoms with Crippen LogP contribution in [-0.2, 0) is 18.4 Å². The molecule has 3 rings (SSSR count). The van der Waals surface area contributed by atoms with Crippen LogP contribution in [0.3, 0.4) is 0 Å². The van der Waals surface area contributed by atoms with Crippen molar-refractivity contribution in [1.82, 2.24) is 15.0 Å². The van der Waals surface area contributed by atoms with E-state index in [0.717, 1.165) is 20.7 Å². The highest BCUT2D eigenvalue weighted by Crippen LogP contribution is 2.35. The van der Waals surface area contributed by atoms with Crippen molar-refractivity contribution in [1.29, 1.82) is 0 Å². The molecule has 0 spiro atoms. The van der Waals surface area contributed by atoms with E-state index in [-0.39, 0.29) is 5.91 Å². The van der Waals surface area contributed by atoms with Gasteiger partial charge in [0.2, 0.25) is 0 Å². The summed E-state index contributed by atoms with van der Waals surface area (Å²) < 4.78 is 8.36. The Labute approximate surface area is 129 Å². The number of aryl methyl sites for hydroxylation is 1. The van der Waals surface area contributed by atoms with Crippen molar-refractivity contribution in [2.24, 2.45) is 7.05 Å². The molecule has 0 saturated carbocycles. The van der Waals surface area contributed by atoms with Gasteiger partial charge < -0.3 is 4.74 Å². The number of aromatic nitrogens is 3. The topological polar surface area (TPSA) is 60.2 Å². The number of amides is 1. The van der Waals surface area contributed by atoms with Crippen LogP contribution in [0.4, 0.5) is 5.69 Å². The quantitative estimate of drug-likeness (QED) is 0.741. The Kier molecular flexibility index (Phi) is 3.36. The molecule has 0 saturated heterocycles. The third-order valence-corrected chi connectivity index (χ3v) is 3.77. The number of hydrogen-bond acceptors (Lipinski definition) is 4. The second-order valence-electron chi connectivity index (χ2n) is 4.68. The highest BCUT2D eigenvalue weighted by molar-refractivity contribution is 14.1. The second-order valence-corrected chi connectivity index (χ2v) is 5.93. The number of rotatable bonds is 2. The van der Waals surface area contributed by atoms with Crippen LogP contribution < -0.4 is 9.64 Å². The van der Waals surface area contributed by atoms with E-state index < -0.39 is 6.10 Å². The van der Waals surface area contributed by atoms with Gasteiger partial charge in [-0.2, -0.15) is 0 Å². The summed E-state index contributed by atoms with van der Waals surface area (Å²) in [5.74, 6) is 0.664.